The van der Waals surface area contributed by atoms with Crippen molar-refractivity contribution in [1.29, 1.82) is 5.26 Å². The highest BCUT2D eigenvalue weighted by atomic mass is 16.3. The van der Waals surface area contributed by atoms with Crippen molar-refractivity contribution in [2.24, 2.45) is 0 Å². The van der Waals surface area contributed by atoms with Crippen LogP contribution in [0.15, 0.2) is 12.3 Å². The van der Waals surface area contributed by atoms with Gasteiger partial charge in [-0.2, -0.15) is 10.4 Å². The number of aliphatic hydroxyl groups excluding tert-OH is 1. The van der Waals surface area contributed by atoms with Crippen molar-refractivity contribution in [3.8, 4) is 6.07 Å². The molecule has 5 nitrogen and oxygen atoms in total. The fourth-order valence-corrected chi connectivity index (χ4v) is 1.26. The maximum Gasteiger partial charge on any atom is 0.166 e. The standard InChI is InChI=1S/C10H14N4O/c1-2-9(4-6-15)13-10-8(7-11)3-5-12-14-10/h3,5,9,15H,2,4,6H2,1H3,(H,13,14). The Kier molecular flexibility index (Phi) is 4.51. The Morgan fingerprint density at radius 3 is 3.07 bits per heavy atom. The van der Waals surface area contributed by atoms with E-state index in [9.17, 15) is 0 Å². The highest BCUT2D eigenvalue weighted by Crippen LogP contribution is 2.12. The van der Waals surface area contributed by atoms with Gasteiger partial charge in [0.2, 0.25) is 0 Å². The number of hydrogen-bond donors (Lipinski definition) is 2. The Balaban J connectivity index is 2.74. The van der Waals surface area contributed by atoms with Crippen molar-refractivity contribution in [3.05, 3.63) is 17.8 Å². The first kappa shape index (κ1) is 11.4. The van der Waals surface area contributed by atoms with Crippen LogP contribution in [0.5, 0.6) is 0 Å². The minimum absolute atomic E-state index is 0.119. The van der Waals surface area contributed by atoms with E-state index >= 15 is 0 Å². The van der Waals surface area contributed by atoms with E-state index < -0.39 is 0 Å². The lowest BCUT2D eigenvalue weighted by Crippen LogP contribution is -2.21. The van der Waals surface area contributed by atoms with Gasteiger partial charge in [-0.3, -0.25) is 0 Å². The first-order chi connectivity index (χ1) is 7.31. The van der Waals surface area contributed by atoms with Gasteiger partial charge in [-0.25, -0.2) is 0 Å². The maximum atomic E-state index is 8.83. The summed E-state index contributed by atoms with van der Waals surface area (Å²) in [6.07, 6.45) is 2.98. The molecule has 0 aliphatic heterocycles. The Morgan fingerprint density at radius 2 is 2.47 bits per heavy atom. The molecule has 0 saturated heterocycles. The fraction of sp³-hybridized carbons (Fsp3) is 0.500. The van der Waals surface area contributed by atoms with Gasteiger partial charge < -0.3 is 10.4 Å². The summed E-state index contributed by atoms with van der Waals surface area (Å²) in [7, 11) is 0. The van der Waals surface area contributed by atoms with Gasteiger partial charge >= 0.3 is 0 Å². The SMILES string of the molecule is CCC(CCO)Nc1nnccc1C#N. The molecular formula is C10H14N4O. The average Bonchev–Trinajstić information content (AvgIpc) is 2.29. The zero-order valence-corrected chi connectivity index (χ0v) is 8.64. The summed E-state index contributed by atoms with van der Waals surface area (Å²) in [4.78, 5) is 0. The molecule has 1 unspecified atom stereocenters. The lowest BCUT2D eigenvalue weighted by atomic mass is 10.1. The molecule has 0 spiro atoms. The summed E-state index contributed by atoms with van der Waals surface area (Å²) < 4.78 is 0. The van der Waals surface area contributed by atoms with E-state index in [1.54, 1.807) is 6.07 Å². The van der Waals surface area contributed by atoms with Crippen molar-refractivity contribution in [2.45, 2.75) is 25.8 Å². The second kappa shape index (κ2) is 5.94. The van der Waals surface area contributed by atoms with Gasteiger partial charge in [-0.1, -0.05) is 6.92 Å². The van der Waals surface area contributed by atoms with Crippen LogP contribution in [-0.4, -0.2) is 28.0 Å². The third-order valence-corrected chi connectivity index (χ3v) is 2.15. The van der Waals surface area contributed by atoms with Gasteiger partial charge in [0, 0.05) is 12.6 Å². The third kappa shape index (κ3) is 3.18. The zero-order chi connectivity index (χ0) is 11.1. The predicted octanol–water partition coefficient (Wildman–Crippen LogP) is 0.921. The number of nitrogens with zero attached hydrogens (tertiary/aromatic N) is 3. The molecule has 80 valence electrons. The second-order valence-electron chi connectivity index (χ2n) is 3.17. The number of rotatable bonds is 5. The monoisotopic (exact) mass is 206 g/mol. The van der Waals surface area contributed by atoms with E-state index in [0.29, 0.717) is 17.8 Å². The molecule has 0 amide bonds. The van der Waals surface area contributed by atoms with Crippen molar-refractivity contribution in [3.63, 3.8) is 0 Å². The molecule has 0 aliphatic rings. The molecule has 5 heteroatoms. The molecule has 0 aliphatic carbocycles. The van der Waals surface area contributed by atoms with Gasteiger partial charge in [0.15, 0.2) is 5.82 Å². The van der Waals surface area contributed by atoms with Crippen LogP contribution in [-0.2, 0) is 0 Å². The van der Waals surface area contributed by atoms with Gasteiger partial charge in [0.05, 0.1) is 11.8 Å². The first-order valence-corrected chi connectivity index (χ1v) is 4.91. The number of nitriles is 1. The summed E-state index contributed by atoms with van der Waals surface area (Å²) in [5.74, 6) is 0.486. The van der Waals surface area contributed by atoms with Crippen LogP contribution < -0.4 is 5.32 Å². The fourth-order valence-electron chi connectivity index (χ4n) is 1.26. The molecule has 1 aromatic rings. The molecule has 1 rings (SSSR count). The molecule has 0 saturated carbocycles. The zero-order valence-electron chi connectivity index (χ0n) is 8.64. The molecule has 0 bridgehead atoms. The smallest absolute Gasteiger partial charge is 0.166 e. The van der Waals surface area contributed by atoms with Gasteiger partial charge in [0.1, 0.15) is 6.07 Å². The molecule has 0 aromatic carbocycles. The normalized spacial score (nSPS) is 11.8. The highest BCUT2D eigenvalue weighted by molar-refractivity contribution is 5.50. The number of hydrogen-bond acceptors (Lipinski definition) is 5. The lowest BCUT2D eigenvalue weighted by Gasteiger charge is -2.16. The number of aliphatic hydroxyl groups is 1. The average molecular weight is 206 g/mol. The summed E-state index contributed by atoms with van der Waals surface area (Å²) in [6.45, 7) is 2.13. The maximum absolute atomic E-state index is 8.83. The Bertz CT molecular complexity index is 348. The lowest BCUT2D eigenvalue weighted by molar-refractivity contribution is 0.278. The van der Waals surface area contributed by atoms with Gasteiger partial charge in [0.25, 0.3) is 0 Å². The van der Waals surface area contributed by atoms with Crippen LogP contribution >= 0.6 is 0 Å². The Hall–Kier alpha value is -1.67. The van der Waals surface area contributed by atoms with Crippen molar-refractivity contribution >= 4 is 5.82 Å². The topological polar surface area (TPSA) is 81.8 Å². The van der Waals surface area contributed by atoms with Crippen LogP contribution in [0, 0.1) is 11.3 Å². The van der Waals surface area contributed by atoms with Crippen molar-refractivity contribution in [1.82, 2.24) is 10.2 Å². The molecule has 1 heterocycles. The molecular weight excluding hydrogens is 192 g/mol. The minimum Gasteiger partial charge on any atom is -0.396 e. The highest BCUT2D eigenvalue weighted by Gasteiger charge is 2.09. The Morgan fingerprint density at radius 1 is 1.67 bits per heavy atom. The van der Waals surface area contributed by atoms with E-state index in [4.69, 9.17) is 10.4 Å². The molecule has 15 heavy (non-hydrogen) atoms. The van der Waals surface area contributed by atoms with Gasteiger partial charge in [-0.05, 0) is 18.9 Å². The molecule has 1 atom stereocenters. The summed E-state index contributed by atoms with van der Waals surface area (Å²) >= 11 is 0. The van der Waals surface area contributed by atoms with E-state index in [1.165, 1.54) is 6.20 Å². The summed E-state index contributed by atoms with van der Waals surface area (Å²) in [5, 5.41) is 28.3. The van der Waals surface area contributed by atoms with E-state index in [1.807, 2.05) is 13.0 Å². The molecule has 2 N–H and O–H groups in total. The van der Waals surface area contributed by atoms with Crippen LogP contribution in [0.25, 0.3) is 0 Å². The van der Waals surface area contributed by atoms with Gasteiger partial charge in [-0.15, -0.1) is 5.10 Å². The minimum atomic E-state index is 0.119. The van der Waals surface area contributed by atoms with Crippen molar-refractivity contribution < 1.29 is 5.11 Å². The largest absolute Gasteiger partial charge is 0.396 e. The quantitative estimate of drug-likeness (QED) is 0.748. The van der Waals surface area contributed by atoms with Crippen molar-refractivity contribution in [2.75, 3.05) is 11.9 Å². The predicted molar refractivity (Wildman–Crippen MR) is 56.2 cm³/mol. The third-order valence-electron chi connectivity index (χ3n) is 2.15. The number of nitrogens with one attached hydrogen (secondary N) is 1. The van der Waals surface area contributed by atoms with E-state index in [0.717, 1.165) is 6.42 Å². The number of anilines is 1. The Labute approximate surface area is 88.8 Å². The van der Waals surface area contributed by atoms with E-state index in [-0.39, 0.29) is 12.6 Å². The molecule has 0 fully saturated rings. The summed E-state index contributed by atoms with van der Waals surface area (Å²) in [5.41, 5.74) is 0.474. The molecule has 1 aromatic heterocycles. The van der Waals surface area contributed by atoms with E-state index in [2.05, 4.69) is 15.5 Å². The van der Waals surface area contributed by atoms with Crippen LogP contribution in [0.2, 0.25) is 0 Å². The van der Waals surface area contributed by atoms with Crippen LogP contribution in [0.3, 0.4) is 0 Å². The second-order valence-corrected chi connectivity index (χ2v) is 3.17. The first-order valence-electron chi connectivity index (χ1n) is 4.91. The van der Waals surface area contributed by atoms with Crippen LogP contribution in [0.4, 0.5) is 5.82 Å². The molecule has 0 radical (unpaired) electrons. The van der Waals surface area contributed by atoms with Crippen LogP contribution in [0.1, 0.15) is 25.3 Å². The number of aromatic nitrogens is 2. The summed E-state index contributed by atoms with van der Waals surface area (Å²) in [6, 6.07) is 3.78.